The van der Waals surface area contributed by atoms with Crippen LogP contribution in [0.25, 0.3) is 11.1 Å². The van der Waals surface area contributed by atoms with Crippen molar-refractivity contribution in [3.8, 4) is 11.1 Å². The van der Waals surface area contributed by atoms with E-state index in [4.69, 9.17) is 9.47 Å². The van der Waals surface area contributed by atoms with Gasteiger partial charge in [-0.05, 0) is 58.1 Å². The second-order valence-electron chi connectivity index (χ2n) is 6.89. The van der Waals surface area contributed by atoms with E-state index in [9.17, 15) is 14.7 Å². The fourth-order valence-corrected chi connectivity index (χ4v) is 4.65. The van der Waals surface area contributed by atoms with Crippen LogP contribution < -0.4 is 0 Å². The molecule has 0 amide bonds. The lowest BCUT2D eigenvalue weighted by atomic mass is 9.83. The summed E-state index contributed by atoms with van der Waals surface area (Å²) in [7, 11) is 0. The third kappa shape index (κ3) is 3.47. The molecule has 0 spiro atoms. The van der Waals surface area contributed by atoms with Gasteiger partial charge in [-0.15, -0.1) is 0 Å². The van der Waals surface area contributed by atoms with Gasteiger partial charge in [-0.1, -0.05) is 56.1 Å². The molecule has 0 heterocycles. The Hall–Kier alpha value is -2.48. The Balaban J connectivity index is 1.92. The Morgan fingerprint density at radius 3 is 1.83 bits per heavy atom. The van der Waals surface area contributed by atoms with Gasteiger partial charge in [-0.25, -0.2) is 0 Å². The van der Waals surface area contributed by atoms with Crippen LogP contribution in [0.3, 0.4) is 0 Å². The van der Waals surface area contributed by atoms with E-state index < -0.39 is 5.60 Å². The standard InChI is InChI=1S/C23H16Br2O5/c24-17-3-5-19-20-6-4-18(25)9-22(20)23(28,21(19)8-17)16-2-1-14(10-29-12-26)15(7-16)11-30-13-27/h1-9,12-13,28H,10-11H2. The van der Waals surface area contributed by atoms with Crippen molar-refractivity contribution in [2.24, 2.45) is 0 Å². The maximum Gasteiger partial charge on any atom is 0.293 e. The SMILES string of the molecule is O=COCc1ccc(C2(O)c3cc(Br)ccc3-c3ccc(Br)cc32)cc1COC=O. The number of carbonyl (C=O) groups excluding carboxylic acids is 2. The minimum Gasteiger partial charge on any atom is -0.463 e. The van der Waals surface area contributed by atoms with Crippen LogP contribution >= 0.6 is 31.9 Å². The zero-order chi connectivity index (χ0) is 21.3. The van der Waals surface area contributed by atoms with Crippen LogP contribution in [0.5, 0.6) is 0 Å². The highest BCUT2D eigenvalue weighted by Crippen LogP contribution is 2.52. The lowest BCUT2D eigenvalue weighted by molar-refractivity contribution is -0.131. The zero-order valence-corrected chi connectivity index (χ0v) is 18.8. The third-order valence-corrected chi connectivity index (χ3v) is 6.26. The molecule has 30 heavy (non-hydrogen) atoms. The van der Waals surface area contributed by atoms with Crippen molar-refractivity contribution in [1.82, 2.24) is 0 Å². The van der Waals surface area contributed by atoms with E-state index in [2.05, 4.69) is 31.9 Å². The van der Waals surface area contributed by atoms with Gasteiger partial charge in [0.15, 0.2) is 0 Å². The molecule has 1 N–H and O–H groups in total. The van der Waals surface area contributed by atoms with E-state index >= 15 is 0 Å². The number of hydrogen-bond acceptors (Lipinski definition) is 5. The van der Waals surface area contributed by atoms with Gasteiger partial charge < -0.3 is 14.6 Å². The van der Waals surface area contributed by atoms with E-state index in [1.54, 1.807) is 18.2 Å². The molecule has 4 rings (SSSR count). The Morgan fingerprint density at radius 2 is 1.30 bits per heavy atom. The summed E-state index contributed by atoms with van der Waals surface area (Å²) in [5.41, 5.74) is 3.96. The predicted octanol–water partition coefficient (Wildman–Crippen LogP) is 4.82. The second kappa shape index (κ2) is 8.34. The molecule has 3 aromatic carbocycles. The van der Waals surface area contributed by atoms with Crippen LogP contribution in [0.1, 0.15) is 27.8 Å². The second-order valence-corrected chi connectivity index (χ2v) is 8.72. The minimum absolute atomic E-state index is 0.00164. The first-order valence-electron chi connectivity index (χ1n) is 9.04. The average Bonchev–Trinajstić information content (AvgIpc) is 2.99. The summed E-state index contributed by atoms with van der Waals surface area (Å²) in [6.07, 6.45) is 0. The van der Waals surface area contributed by atoms with E-state index in [1.165, 1.54) is 0 Å². The molecule has 0 bridgehead atoms. The number of rotatable bonds is 7. The van der Waals surface area contributed by atoms with Gasteiger partial charge in [0.25, 0.3) is 12.9 Å². The quantitative estimate of drug-likeness (QED) is 0.442. The van der Waals surface area contributed by atoms with Crippen molar-refractivity contribution in [1.29, 1.82) is 0 Å². The van der Waals surface area contributed by atoms with E-state index in [0.29, 0.717) is 29.6 Å². The van der Waals surface area contributed by atoms with Gasteiger partial charge in [0.2, 0.25) is 0 Å². The van der Waals surface area contributed by atoms with Gasteiger partial charge in [0.1, 0.15) is 18.8 Å². The normalized spacial score (nSPS) is 13.3. The Bertz CT molecular complexity index is 1090. The van der Waals surface area contributed by atoms with Crippen molar-refractivity contribution in [3.05, 3.63) is 91.4 Å². The fraction of sp³-hybridized carbons (Fsp3) is 0.130. The van der Waals surface area contributed by atoms with Gasteiger partial charge in [-0.3, -0.25) is 9.59 Å². The van der Waals surface area contributed by atoms with Crippen molar-refractivity contribution in [2.75, 3.05) is 0 Å². The van der Waals surface area contributed by atoms with Crippen molar-refractivity contribution >= 4 is 44.8 Å². The molecular weight excluding hydrogens is 516 g/mol. The highest BCUT2D eigenvalue weighted by atomic mass is 79.9. The van der Waals surface area contributed by atoms with Crippen LogP contribution in [0, 0.1) is 0 Å². The van der Waals surface area contributed by atoms with Gasteiger partial charge in [0, 0.05) is 20.1 Å². The maximum atomic E-state index is 12.1. The Labute approximate surface area is 189 Å². The van der Waals surface area contributed by atoms with Crippen molar-refractivity contribution < 1.29 is 24.2 Å². The summed E-state index contributed by atoms with van der Waals surface area (Å²) >= 11 is 7.02. The lowest BCUT2D eigenvalue weighted by Gasteiger charge is -2.28. The largest absolute Gasteiger partial charge is 0.463 e. The minimum atomic E-state index is -1.40. The summed E-state index contributed by atoms with van der Waals surface area (Å²) in [5.74, 6) is 0. The molecule has 0 saturated heterocycles. The molecular formula is C23H16Br2O5. The predicted molar refractivity (Wildman–Crippen MR) is 118 cm³/mol. The topological polar surface area (TPSA) is 72.8 Å². The van der Waals surface area contributed by atoms with Gasteiger partial charge in [0.05, 0.1) is 0 Å². The number of halogens is 2. The molecule has 0 aliphatic heterocycles. The maximum absolute atomic E-state index is 12.1. The van der Waals surface area contributed by atoms with Gasteiger partial charge >= 0.3 is 0 Å². The Morgan fingerprint density at radius 1 is 0.767 bits per heavy atom. The average molecular weight is 532 g/mol. The highest BCUT2D eigenvalue weighted by molar-refractivity contribution is 9.10. The first kappa shape index (κ1) is 20.8. The molecule has 0 radical (unpaired) electrons. The molecule has 1 aliphatic carbocycles. The number of ether oxygens (including phenoxy) is 2. The molecule has 5 nitrogen and oxygen atoms in total. The van der Waals surface area contributed by atoms with Crippen LogP contribution in [0.2, 0.25) is 0 Å². The molecule has 0 unspecified atom stereocenters. The zero-order valence-electron chi connectivity index (χ0n) is 15.6. The van der Waals surface area contributed by atoms with E-state index in [1.807, 2.05) is 36.4 Å². The van der Waals surface area contributed by atoms with E-state index in [-0.39, 0.29) is 13.2 Å². The summed E-state index contributed by atoms with van der Waals surface area (Å²) in [6, 6.07) is 17.0. The first-order chi connectivity index (χ1) is 14.5. The van der Waals surface area contributed by atoms with Crippen LogP contribution in [-0.2, 0) is 37.9 Å². The molecule has 0 fully saturated rings. The van der Waals surface area contributed by atoms with E-state index in [0.717, 1.165) is 31.2 Å². The monoisotopic (exact) mass is 530 g/mol. The number of benzene rings is 3. The summed E-state index contributed by atoms with van der Waals surface area (Å²) in [6.45, 7) is 0.774. The molecule has 3 aromatic rings. The van der Waals surface area contributed by atoms with Gasteiger partial charge in [-0.2, -0.15) is 0 Å². The first-order valence-corrected chi connectivity index (χ1v) is 10.6. The number of carbonyl (C=O) groups is 2. The number of fused-ring (bicyclic) bond motifs is 3. The molecule has 7 heteroatoms. The van der Waals surface area contributed by atoms with Crippen LogP contribution in [0.15, 0.2) is 63.5 Å². The summed E-state index contributed by atoms with van der Waals surface area (Å²) in [5, 5.41) is 12.1. The highest BCUT2D eigenvalue weighted by Gasteiger charge is 2.43. The van der Waals surface area contributed by atoms with Crippen molar-refractivity contribution in [3.63, 3.8) is 0 Å². The smallest absolute Gasteiger partial charge is 0.293 e. The molecule has 0 aromatic heterocycles. The third-order valence-electron chi connectivity index (χ3n) is 5.27. The molecule has 0 saturated carbocycles. The fourth-order valence-electron chi connectivity index (χ4n) is 3.93. The summed E-state index contributed by atoms with van der Waals surface area (Å²) < 4.78 is 11.5. The molecule has 0 atom stereocenters. The lowest BCUT2D eigenvalue weighted by Crippen LogP contribution is -2.26. The van der Waals surface area contributed by atoms with Crippen molar-refractivity contribution in [2.45, 2.75) is 18.8 Å². The number of aliphatic hydroxyl groups is 1. The Kier molecular flexibility index (Phi) is 5.77. The summed E-state index contributed by atoms with van der Waals surface area (Å²) in [4.78, 5) is 21.4. The number of hydrogen-bond donors (Lipinski definition) is 1. The molecule has 152 valence electrons. The van der Waals surface area contributed by atoms with Crippen LogP contribution in [0.4, 0.5) is 0 Å². The van der Waals surface area contributed by atoms with Crippen LogP contribution in [-0.4, -0.2) is 18.1 Å². The molecule has 1 aliphatic rings.